The number of benzene rings is 2. The maximum absolute atomic E-state index is 12.9. The van der Waals surface area contributed by atoms with Gasteiger partial charge in [0, 0.05) is 6.42 Å². The molecule has 0 saturated heterocycles. The minimum absolute atomic E-state index is 0.0208. The predicted molar refractivity (Wildman–Crippen MR) is 103 cm³/mol. The molecule has 1 N–H and O–H groups in total. The van der Waals surface area contributed by atoms with Gasteiger partial charge in [0.05, 0.1) is 30.0 Å². The summed E-state index contributed by atoms with van der Waals surface area (Å²) in [7, 11) is 2.98. The molecule has 5 nitrogen and oxygen atoms in total. The van der Waals surface area contributed by atoms with E-state index in [9.17, 15) is 23.5 Å². The van der Waals surface area contributed by atoms with E-state index in [-0.39, 0.29) is 28.3 Å². The van der Waals surface area contributed by atoms with E-state index in [2.05, 4.69) is 4.98 Å². The Hall–Kier alpha value is -3.25. The first kappa shape index (κ1) is 20.5. The Labute approximate surface area is 168 Å². The number of methoxy groups -OCH3 is 2. The molecule has 0 fully saturated rings. The summed E-state index contributed by atoms with van der Waals surface area (Å²) in [6.07, 6.45) is -4.46. The van der Waals surface area contributed by atoms with Crippen molar-refractivity contribution < 1.29 is 27.8 Å². The van der Waals surface area contributed by atoms with Crippen molar-refractivity contribution in [2.75, 3.05) is 14.2 Å². The van der Waals surface area contributed by atoms with Crippen LogP contribution in [-0.4, -0.2) is 24.3 Å². The first-order chi connectivity index (χ1) is 13.8. The molecular formula is C20H15F3N2O3S. The Morgan fingerprint density at radius 3 is 2.48 bits per heavy atom. The number of rotatable bonds is 5. The summed E-state index contributed by atoms with van der Waals surface area (Å²) >= 11 is 1.04. The van der Waals surface area contributed by atoms with Crippen molar-refractivity contribution >= 4 is 27.1 Å². The first-order valence-corrected chi connectivity index (χ1v) is 9.09. The predicted octanol–water partition coefficient (Wildman–Crippen LogP) is 5.37. The molecule has 0 bridgehead atoms. The number of halogens is 3. The Morgan fingerprint density at radius 2 is 1.86 bits per heavy atom. The maximum atomic E-state index is 12.9. The van der Waals surface area contributed by atoms with Crippen LogP contribution in [0.2, 0.25) is 0 Å². The molecule has 0 spiro atoms. The van der Waals surface area contributed by atoms with E-state index in [0.717, 1.165) is 23.5 Å². The van der Waals surface area contributed by atoms with Gasteiger partial charge in [0.25, 0.3) is 0 Å². The lowest BCUT2D eigenvalue weighted by molar-refractivity contribution is -0.137. The van der Waals surface area contributed by atoms with Crippen molar-refractivity contribution in [2.24, 2.45) is 0 Å². The third-order valence-corrected chi connectivity index (χ3v) is 5.20. The summed E-state index contributed by atoms with van der Waals surface area (Å²) in [5.74, 6) is 0.748. The number of fused-ring (bicyclic) bond motifs is 1. The van der Waals surface area contributed by atoms with Gasteiger partial charge in [-0.2, -0.15) is 18.4 Å². The second-order valence-electron chi connectivity index (χ2n) is 6.00. The normalized spacial score (nSPS) is 12.4. The number of allylic oxidation sites excluding steroid dienone is 2. The molecule has 0 aliphatic heterocycles. The van der Waals surface area contributed by atoms with Crippen molar-refractivity contribution in [3.63, 3.8) is 0 Å². The minimum atomic E-state index is -4.48. The highest BCUT2D eigenvalue weighted by Gasteiger charge is 2.31. The van der Waals surface area contributed by atoms with E-state index in [1.807, 2.05) is 6.07 Å². The Kier molecular flexibility index (Phi) is 5.66. The molecule has 0 radical (unpaired) electrons. The SMILES string of the molecule is COc1ccc(C/C(O)=C(\C#N)c2nc3cc(C(F)(F)F)ccc3s2)cc1OC. The number of aliphatic hydroxyl groups excluding tert-OH is 1. The van der Waals surface area contributed by atoms with Crippen LogP contribution >= 0.6 is 11.3 Å². The second kappa shape index (κ2) is 8.01. The lowest BCUT2D eigenvalue weighted by Crippen LogP contribution is -2.03. The smallest absolute Gasteiger partial charge is 0.416 e. The second-order valence-corrected chi connectivity index (χ2v) is 7.03. The van der Waals surface area contributed by atoms with Gasteiger partial charge < -0.3 is 14.6 Å². The molecule has 0 amide bonds. The molecule has 0 aliphatic carbocycles. The number of ether oxygens (including phenoxy) is 2. The first-order valence-electron chi connectivity index (χ1n) is 8.28. The molecule has 1 heterocycles. The zero-order chi connectivity index (χ0) is 21.2. The molecule has 3 aromatic rings. The van der Waals surface area contributed by atoms with Crippen molar-refractivity contribution in [1.29, 1.82) is 5.26 Å². The number of alkyl halides is 3. The van der Waals surface area contributed by atoms with Gasteiger partial charge in [-0.05, 0) is 35.9 Å². The van der Waals surface area contributed by atoms with Crippen LogP contribution in [0.3, 0.4) is 0 Å². The minimum Gasteiger partial charge on any atom is -0.510 e. The van der Waals surface area contributed by atoms with Crippen LogP contribution in [0.1, 0.15) is 16.1 Å². The van der Waals surface area contributed by atoms with Crippen molar-refractivity contribution in [3.05, 3.63) is 58.3 Å². The molecule has 9 heteroatoms. The third kappa shape index (κ3) is 4.27. The third-order valence-electron chi connectivity index (χ3n) is 4.15. The van der Waals surface area contributed by atoms with Gasteiger partial charge in [-0.25, -0.2) is 4.98 Å². The van der Waals surface area contributed by atoms with Gasteiger partial charge in [-0.1, -0.05) is 6.07 Å². The molecule has 150 valence electrons. The number of aromatic nitrogens is 1. The number of thiazole rings is 1. The average Bonchev–Trinajstić information content (AvgIpc) is 3.10. The van der Waals surface area contributed by atoms with Crippen LogP contribution in [0.25, 0.3) is 15.8 Å². The largest absolute Gasteiger partial charge is 0.510 e. The molecule has 0 unspecified atom stereocenters. The summed E-state index contributed by atoms with van der Waals surface area (Å²) < 4.78 is 49.5. The van der Waals surface area contributed by atoms with E-state index in [1.54, 1.807) is 18.2 Å². The highest BCUT2D eigenvalue weighted by atomic mass is 32.1. The summed E-state index contributed by atoms with van der Waals surface area (Å²) in [5.41, 5.74) is -0.131. The number of aliphatic hydroxyl groups is 1. The van der Waals surface area contributed by atoms with Gasteiger partial charge in [-0.15, -0.1) is 11.3 Å². The summed E-state index contributed by atoms with van der Waals surface area (Å²) in [4.78, 5) is 4.12. The lowest BCUT2D eigenvalue weighted by Gasteiger charge is -2.09. The maximum Gasteiger partial charge on any atom is 0.416 e. The quantitative estimate of drug-likeness (QED) is 0.444. The van der Waals surface area contributed by atoms with E-state index in [4.69, 9.17) is 9.47 Å². The number of hydrogen-bond donors (Lipinski definition) is 1. The summed E-state index contributed by atoms with van der Waals surface area (Å²) in [6, 6.07) is 10.1. The highest BCUT2D eigenvalue weighted by molar-refractivity contribution is 7.19. The van der Waals surface area contributed by atoms with Gasteiger partial charge in [0.15, 0.2) is 11.5 Å². The average molecular weight is 420 g/mol. The zero-order valence-corrected chi connectivity index (χ0v) is 16.2. The molecule has 3 rings (SSSR count). The lowest BCUT2D eigenvalue weighted by atomic mass is 10.1. The van der Waals surface area contributed by atoms with E-state index >= 15 is 0 Å². The Morgan fingerprint density at radius 1 is 1.14 bits per heavy atom. The fourth-order valence-corrected chi connectivity index (χ4v) is 3.68. The van der Waals surface area contributed by atoms with Crippen LogP contribution in [0, 0.1) is 11.3 Å². The molecule has 2 aromatic carbocycles. The van der Waals surface area contributed by atoms with Gasteiger partial charge in [0.1, 0.15) is 22.4 Å². The van der Waals surface area contributed by atoms with Crippen molar-refractivity contribution in [1.82, 2.24) is 4.98 Å². The molecule has 29 heavy (non-hydrogen) atoms. The van der Waals surface area contributed by atoms with Crippen LogP contribution in [0.5, 0.6) is 11.5 Å². The molecular weight excluding hydrogens is 405 g/mol. The molecule has 0 aliphatic rings. The standard InChI is InChI=1S/C20H15F3N2O3S/c1-27-16-5-3-11(8-17(16)28-2)7-15(26)13(10-24)19-25-14-9-12(20(21,22)23)4-6-18(14)29-19/h3-6,8-9,26H,7H2,1-2H3/b15-13-. The monoisotopic (exact) mass is 420 g/mol. The van der Waals surface area contributed by atoms with Crippen LogP contribution in [-0.2, 0) is 12.6 Å². The number of nitriles is 1. The molecule has 1 aromatic heterocycles. The van der Waals surface area contributed by atoms with Crippen LogP contribution < -0.4 is 9.47 Å². The highest BCUT2D eigenvalue weighted by Crippen LogP contribution is 2.35. The van der Waals surface area contributed by atoms with Crippen molar-refractivity contribution in [3.8, 4) is 17.6 Å². The summed E-state index contributed by atoms with van der Waals surface area (Å²) in [6.45, 7) is 0. The molecule has 0 saturated carbocycles. The van der Waals surface area contributed by atoms with Crippen LogP contribution in [0.15, 0.2) is 42.2 Å². The van der Waals surface area contributed by atoms with E-state index in [1.165, 1.54) is 20.3 Å². The van der Waals surface area contributed by atoms with E-state index in [0.29, 0.717) is 21.8 Å². The Bertz CT molecular complexity index is 1130. The van der Waals surface area contributed by atoms with Gasteiger partial charge in [-0.3, -0.25) is 0 Å². The van der Waals surface area contributed by atoms with Gasteiger partial charge >= 0.3 is 6.18 Å². The molecule has 0 atom stereocenters. The fraction of sp³-hybridized carbons (Fsp3) is 0.200. The number of nitrogens with zero attached hydrogens (tertiary/aromatic N) is 2. The summed E-state index contributed by atoms with van der Waals surface area (Å²) in [5, 5.41) is 20.1. The fourth-order valence-electron chi connectivity index (χ4n) is 2.72. The van der Waals surface area contributed by atoms with E-state index < -0.39 is 11.7 Å². The topological polar surface area (TPSA) is 75.4 Å². The Balaban J connectivity index is 1.97. The van der Waals surface area contributed by atoms with Crippen molar-refractivity contribution in [2.45, 2.75) is 12.6 Å². The van der Waals surface area contributed by atoms with Gasteiger partial charge in [0.2, 0.25) is 0 Å². The number of hydrogen-bond acceptors (Lipinski definition) is 6. The van der Waals surface area contributed by atoms with Crippen LogP contribution in [0.4, 0.5) is 13.2 Å². The zero-order valence-electron chi connectivity index (χ0n) is 15.4.